The summed E-state index contributed by atoms with van der Waals surface area (Å²) in [7, 11) is 0. The molecule has 1 N–H and O–H groups in total. The van der Waals surface area contributed by atoms with Gasteiger partial charge in [0, 0.05) is 64.2 Å². The molecule has 1 aromatic rings. The fraction of sp³-hybridized carbons (Fsp3) is 0.714. The molecule has 3 heterocycles. The maximum absolute atomic E-state index is 4.45. The average Bonchev–Trinajstić information content (AvgIpc) is 2.91. The average molecular weight is 261 g/mol. The number of hydrogen-bond acceptors (Lipinski definition) is 5. The van der Waals surface area contributed by atoms with E-state index in [1.54, 1.807) is 0 Å². The highest BCUT2D eigenvalue weighted by atomic mass is 15.3. The Morgan fingerprint density at radius 1 is 1.21 bits per heavy atom. The first-order valence-electron chi connectivity index (χ1n) is 7.26. The van der Waals surface area contributed by atoms with Crippen molar-refractivity contribution in [3.8, 4) is 0 Å². The first-order valence-corrected chi connectivity index (χ1v) is 7.26. The van der Waals surface area contributed by atoms with E-state index in [9.17, 15) is 0 Å². The number of likely N-dealkylation sites (tertiary alicyclic amines) is 1. The Balaban J connectivity index is 1.52. The second-order valence-corrected chi connectivity index (χ2v) is 5.61. The third-order valence-electron chi connectivity index (χ3n) is 4.14. The number of aryl methyl sites for hydroxylation is 1. The highest BCUT2D eigenvalue weighted by Crippen LogP contribution is 2.17. The minimum absolute atomic E-state index is 0.737. The minimum Gasteiger partial charge on any atom is -0.314 e. The van der Waals surface area contributed by atoms with Crippen LogP contribution in [0.2, 0.25) is 0 Å². The van der Waals surface area contributed by atoms with E-state index in [4.69, 9.17) is 0 Å². The minimum atomic E-state index is 0.737. The standard InChI is InChI=1S/C14H23N5/c1-12-8-17-13(9-16-12)10-18-5-2-14(11-18)19-6-3-15-4-7-19/h8-9,14-15H,2-7,10-11H2,1H3. The van der Waals surface area contributed by atoms with Gasteiger partial charge in [-0.1, -0.05) is 0 Å². The van der Waals surface area contributed by atoms with Gasteiger partial charge in [0.25, 0.3) is 0 Å². The zero-order valence-corrected chi connectivity index (χ0v) is 11.7. The summed E-state index contributed by atoms with van der Waals surface area (Å²) in [6, 6.07) is 0.737. The van der Waals surface area contributed by atoms with Crippen molar-refractivity contribution in [1.29, 1.82) is 0 Å². The molecule has 0 amide bonds. The van der Waals surface area contributed by atoms with Gasteiger partial charge in [-0.25, -0.2) is 0 Å². The van der Waals surface area contributed by atoms with Crippen molar-refractivity contribution in [2.24, 2.45) is 0 Å². The van der Waals surface area contributed by atoms with Gasteiger partial charge < -0.3 is 5.32 Å². The van der Waals surface area contributed by atoms with Gasteiger partial charge in [-0.2, -0.15) is 0 Å². The van der Waals surface area contributed by atoms with E-state index in [0.717, 1.165) is 37.1 Å². The molecular formula is C14H23N5. The van der Waals surface area contributed by atoms with Gasteiger partial charge in [-0.05, 0) is 13.3 Å². The monoisotopic (exact) mass is 261 g/mol. The number of aromatic nitrogens is 2. The van der Waals surface area contributed by atoms with E-state index < -0.39 is 0 Å². The molecule has 0 saturated carbocycles. The highest BCUT2D eigenvalue weighted by Gasteiger charge is 2.28. The van der Waals surface area contributed by atoms with Crippen molar-refractivity contribution in [2.75, 3.05) is 39.3 Å². The molecule has 0 radical (unpaired) electrons. The third kappa shape index (κ3) is 3.29. The van der Waals surface area contributed by atoms with Crippen LogP contribution >= 0.6 is 0 Å². The smallest absolute Gasteiger partial charge is 0.0727 e. The van der Waals surface area contributed by atoms with Crippen molar-refractivity contribution in [3.05, 3.63) is 23.8 Å². The van der Waals surface area contributed by atoms with Gasteiger partial charge in [0.2, 0.25) is 0 Å². The molecule has 1 unspecified atom stereocenters. The van der Waals surface area contributed by atoms with Crippen LogP contribution in [-0.4, -0.2) is 65.1 Å². The summed E-state index contributed by atoms with van der Waals surface area (Å²) in [5, 5.41) is 3.42. The van der Waals surface area contributed by atoms with Crippen LogP contribution in [0.5, 0.6) is 0 Å². The number of nitrogens with zero attached hydrogens (tertiary/aromatic N) is 4. The summed E-state index contributed by atoms with van der Waals surface area (Å²) in [4.78, 5) is 13.9. The second-order valence-electron chi connectivity index (χ2n) is 5.61. The van der Waals surface area contributed by atoms with Crippen LogP contribution in [0.1, 0.15) is 17.8 Å². The Kier molecular flexibility index (Phi) is 4.06. The summed E-state index contributed by atoms with van der Waals surface area (Å²) in [6.07, 6.45) is 5.06. The predicted octanol–water partition coefficient (Wildman–Crippen LogP) is 0.265. The lowest BCUT2D eigenvalue weighted by Gasteiger charge is -2.32. The summed E-state index contributed by atoms with van der Waals surface area (Å²) < 4.78 is 0. The van der Waals surface area contributed by atoms with E-state index in [0.29, 0.717) is 0 Å². The van der Waals surface area contributed by atoms with E-state index in [1.165, 1.54) is 32.6 Å². The molecule has 1 aromatic heterocycles. The second kappa shape index (κ2) is 5.94. The molecule has 2 aliphatic rings. The van der Waals surface area contributed by atoms with E-state index >= 15 is 0 Å². The maximum Gasteiger partial charge on any atom is 0.0727 e. The van der Waals surface area contributed by atoms with Gasteiger partial charge in [0.15, 0.2) is 0 Å². The Hall–Kier alpha value is -1.04. The molecule has 2 saturated heterocycles. The van der Waals surface area contributed by atoms with Crippen LogP contribution in [-0.2, 0) is 6.54 Å². The number of rotatable bonds is 3. The fourth-order valence-corrected chi connectivity index (χ4v) is 3.03. The van der Waals surface area contributed by atoms with E-state index in [1.807, 2.05) is 19.3 Å². The van der Waals surface area contributed by atoms with Crippen LogP contribution < -0.4 is 5.32 Å². The lowest BCUT2D eigenvalue weighted by Crippen LogP contribution is -2.49. The molecule has 0 aromatic carbocycles. The lowest BCUT2D eigenvalue weighted by molar-refractivity contribution is 0.170. The lowest BCUT2D eigenvalue weighted by atomic mass is 10.2. The normalized spacial score (nSPS) is 25.8. The van der Waals surface area contributed by atoms with E-state index in [2.05, 4.69) is 25.1 Å². The van der Waals surface area contributed by atoms with Crippen LogP contribution in [0.15, 0.2) is 12.4 Å². The summed E-state index contributed by atoms with van der Waals surface area (Å²) in [6.45, 7) is 9.95. The molecular weight excluding hydrogens is 238 g/mol. The zero-order chi connectivity index (χ0) is 13.1. The molecule has 3 rings (SSSR count). The van der Waals surface area contributed by atoms with Crippen molar-refractivity contribution < 1.29 is 0 Å². The molecule has 5 heteroatoms. The van der Waals surface area contributed by atoms with Crippen molar-refractivity contribution in [1.82, 2.24) is 25.1 Å². The Morgan fingerprint density at radius 3 is 2.79 bits per heavy atom. The summed E-state index contributed by atoms with van der Waals surface area (Å²) in [5.41, 5.74) is 2.08. The zero-order valence-electron chi connectivity index (χ0n) is 11.7. The van der Waals surface area contributed by atoms with Crippen molar-refractivity contribution >= 4 is 0 Å². The molecule has 0 bridgehead atoms. The van der Waals surface area contributed by atoms with Crippen LogP contribution in [0.4, 0.5) is 0 Å². The van der Waals surface area contributed by atoms with Gasteiger partial charge in [-0.3, -0.25) is 19.8 Å². The largest absolute Gasteiger partial charge is 0.314 e. The highest BCUT2D eigenvalue weighted by molar-refractivity contribution is 5.01. The SMILES string of the molecule is Cc1cnc(CN2CCC(N3CCNCC3)C2)cn1. The predicted molar refractivity (Wildman–Crippen MR) is 74.9 cm³/mol. The number of piperazine rings is 1. The molecule has 1 atom stereocenters. The summed E-state index contributed by atoms with van der Waals surface area (Å²) in [5.74, 6) is 0. The van der Waals surface area contributed by atoms with Gasteiger partial charge >= 0.3 is 0 Å². The quantitative estimate of drug-likeness (QED) is 0.846. The maximum atomic E-state index is 4.45. The topological polar surface area (TPSA) is 44.3 Å². The van der Waals surface area contributed by atoms with E-state index in [-0.39, 0.29) is 0 Å². The van der Waals surface area contributed by atoms with Gasteiger partial charge in [-0.15, -0.1) is 0 Å². The molecule has 0 spiro atoms. The molecule has 104 valence electrons. The molecule has 19 heavy (non-hydrogen) atoms. The number of nitrogens with one attached hydrogen (secondary N) is 1. The Morgan fingerprint density at radius 2 is 2.05 bits per heavy atom. The van der Waals surface area contributed by atoms with Crippen LogP contribution in [0.25, 0.3) is 0 Å². The van der Waals surface area contributed by atoms with Crippen LogP contribution in [0.3, 0.4) is 0 Å². The Labute approximate surface area is 115 Å². The van der Waals surface area contributed by atoms with Crippen molar-refractivity contribution in [3.63, 3.8) is 0 Å². The van der Waals surface area contributed by atoms with Crippen molar-refractivity contribution in [2.45, 2.75) is 25.9 Å². The van der Waals surface area contributed by atoms with Gasteiger partial charge in [0.05, 0.1) is 11.4 Å². The fourth-order valence-electron chi connectivity index (χ4n) is 3.03. The molecule has 2 fully saturated rings. The van der Waals surface area contributed by atoms with Gasteiger partial charge in [0.1, 0.15) is 0 Å². The Bertz CT molecular complexity index is 399. The van der Waals surface area contributed by atoms with Crippen LogP contribution in [0, 0.1) is 6.92 Å². The number of hydrogen-bond donors (Lipinski definition) is 1. The molecule has 0 aliphatic carbocycles. The summed E-state index contributed by atoms with van der Waals surface area (Å²) >= 11 is 0. The molecule has 5 nitrogen and oxygen atoms in total. The first-order chi connectivity index (χ1) is 9.31. The molecule has 2 aliphatic heterocycles. The first kappa shape index (κ1) is 13.0. The third-order valence-corrected chi connectivity index (χ3v) is 4.14.